The fourth-order valence-corrected chi connectivity index (χ4v) is 4.47. The highest BCUT2D eigenvalue weighted by molar-refractivity contribution is 6.31. The van der Waals surface area contributed by atoms with Gasteiger partial charge in [0.1, 0.15) is 28.9 Å². The normalized spacial score (nSPS) is 14.1. The quantitative estimate of drug-likeness (QED) is 0.199. The molecule has 41 heavy (non-hydrogen) atoms. The van der Waals surface area contributed by atoms with Crippen LogP contribution in [0.5, 0.6) is 28.7 Å². The molecule has 1 unspecified atom stereocenters. The predicted octanol–water partition coefficient (Wildman–Crippen LogP) is 6.67. The van der Waals surface area contributed by atoms with Gasteiger partial charge >= 0.3 is 5.97 Å². The van der Waals surface area contributed by atoms with Crippen LogP contribution in [0.3, 0.4) is 0 Å². The summed E-state index contributed by atoms with van der Waals surface area (Å²) in [6.45, 7) is 8.75. The van der Waals surface area contributed by atoms with Gasteiger partial charge < -0.3 is 29.4 Å². The molecule has 0 saturated carbocycles. The molecule has 1 aliphatic rings. The van der Waals surface area contributed by atoms with Gasteiger partial charge in [0.05, 0.1) is 19.1 Å². The number of aryl methyl sites for hydroxylation is 1. The number of hydrogen-bond donors (Lipinski definition) is 1. The van der Waals surface area contributed by atoms with Crippen molar-refractivity contribution in [2.75, 3.05) is 19.8 Å². The fourth-order valence-electron chi connectivity index (χ4n) is 4.35. The highest BCUT2D eigenvalue weighted by Crippen LogP contribution is 2.45. The summed E-state index contributed by atoms with van der Waals surface area (Å²) in [5.74, 6) is 1.72. The summed E-state index contributed by atoms with van der Waals surface area (Å²) in [7, 11) is 0. The number of nitriles is 1. The lowest BCUT2D eigenvalue weighted by Gasteiger charge is -2.27. The number of esters is 1. The van der Waals surface area contributed by atoms with E-state index in [0.717, 1.165) is 17.5 Å². The minimum atomic E-state index is -0.597. The average molecular weight is 577 g/mol. The standard InChI is InChI=1S/C32H33ClN2O6/c1-5-37-29-15-21(6-11-27(29)38-13-12-19(2)3)31-24-9-7-23(16-28(24)41-32(35)25(31)17-34)40-30(36)18-39-22-8-10-26(33)20(4)14-22/h6-11,14-16,19,31H,5,12-13,18,35H2,1-4H3. The van der Waals surface area contributed by atoms with Crippen molar-refractivity contribution in [3.05, 3.63) is 87.8 Å². The molecule has 0 fully saturated rings. The number of fused-ring (bicyclic) bond motifs is 1. The zero-order valence-electron chi connectivity index (χ0n) is 23.5. The van der Waals surface area contributed by atoms with Crippen LogP contribution < -0.4 is 29.4 Å². The molecule has 1 aliphatic heterocycles. The first-order chi connectivity index (χ1) is 19.7. The molecule has 8 nitrogen and oxygen atoms in total. The number of hydrogen-bond acceptors (Lipinski definition) is 8. The van der Waals surface area contributed by atoms with Crippen molar-refractivity contribution < 1.29 is 28.5 Å². The number of halogens is 1. The van der Waals surface area contributed by atoms with Crippen molar-refractivity contribution in [3.8, 4) is 34.8 Å². The van der Waals surface area contributed by atoms with Crippen molar-refractivity contribution in [3.63, 3.8) is 0 Å². The first kappa shape index (κ1) is 29.6. The van der Waals surface area contributed by atoms with Crippen molar-refractivity contribution in [2.45, 2.75) is 40.0 Å². The molecule has 0 aromatic heterocycles. The molecular formula is C32H33ClN2O6. The van der Waals surface area contributed by atoms with Gasteiger partial charge in [0.15, 0.2) is 18.1 Å². The van der Waals surface area contributed by atoms with Crippen LogP contribution in [0.15, 0.2) is 66.1 Å². The maximum absolute atomic E-state index is 12.5. The van der Waals surface area contributed by atoms with Gasteiger partial charge in [0, 0.05) is 16.7 Å². The number of nitrogens with zero attached hydrogens (tertiary/aromatic N) is 1. The second kappa shape index (κ2) is 13.3. The zero-order valence-corrected chi connectivity index (χ0v) is 24.3. The van der Waals surface area contributed by atoms with Gasteiger partial charge in [-0.15, -0.1) is 0 Å². The van der Waals surface area contributed by atoms with E-state index in [1.807, 2.05) is 32.0 Å². The third-order valence-electron chi connectivity index (χ3n) is 6.46. The molecule has 4 rings (SSSR count). The van der Waals surface area contributed by atoms with Crippen molar-refractivity contribution in [1.29, 1.82) is 5.26 Å². The Morgan fingerprint density at radius 3 is 2.54 bits per heavy atom. The Balaban J connectivity index is 1.55. The van der Waals surface area contributed by atoms with Gasteiger partial charge in [0.2, 0.25) is 5.88 Å². The Morgan fingerprint density at radius 2 is 1.83 bits per heavy atom. The summed E-state index contributed by atoms with van der Waals surface area (Å²) in [6, 6.07) is 17.9. The molecule has 3 aromatic rings. The van der Waals surface area contributed by atoms with Crippen LogP contribution in [-0.4, -0.2) is 25.8 Å². The molecule has 0 radical (unpaired) electrons. The van der Waals surface area contributed by atoms with Crippen LogP contribution >= 0.6 is 11.6 Å². The van der Waals surface area contributed by atoms with Crippen LogP contribution in [0, 0.1) is 24.2 Å². The van der Waals surface area contributed by atoms with Gasteiger partial charge in [-0.25, -0.2) is 4.79 Å². The van der Waals surface area contributed by atoms with Crippen molar-refractivity contribution >= 4 is 17.6 Å². The zero-order chi connectivity index (χ0) is 29.5. The maximum Gasteiger partial charge on any atom is 0.349 e. The highest BCUT2D eigenvalue weighted by atomic mass is 35.5. The highest BCUT2D eigenvalue weighted by Gasteiger charge is 2.32. The molecule has 0 amide bonds. The SMILES string of the molecule is CCOc1cc(C2C(C#N)=C(N)Oc3cc(OC(=O)COc4ccc(Cl)c(C)c4)ccc32)ccc1OCCC(C)C. The van der Waals surface area contributed by atoms with Crippen LogP contribution in [0.25, 0.3) is 0 Å². The molecule has 214 valence electrons. The molecule has 0 saturated heterocycles. The Labute approximate surface area is 245 Å². The van der Waals surface area contributed by atoms with E-state index in [1.54, 1.807) is 36.4 Å². The summed E-state index contributed by atoms with van der Waals surface area (Å²) >= 11 is 6.04. The number of carbonyl (C=O) groups excluding carboxylic acids is 1. The summed E-state index contributed by atoms with van der Waals surface area (Å²) < 4.78 is 28.7. The van der Waals surface area contributed by atoms with E-state index >= 15 is 0 Å². The average Bonchev–Trinajstić information content (AvgIpc) is 2.93. The molecule has 0 aliphatic carbocycles. The van der Waals surface area contributed by atoms with E-state index in [1.165, 1.54) is 0 Å². The number of benzene rings is 3. The smallest absolute Gasteiger partial charge is 0.349 e. The van der Waals surface area contributed by atoms with E-state index in [9.17, 15) is 10.1 Å². The Hall–Kier alpha value is -4.35. The minimum absolute atomic E-state index is 0.0230. The van der Waals surface area contributed by atoms with Crippen molar-refractivity contribution in [1.82, 2.24) is 0 Å². The topological polar surface area (TPSA) is 113 Å². The second-order valence-corrected chi connectivity index (χ2v) is 10.4. The van der Waals surface area contributed by atoms with Gasteiger partial charge in [-0.05, 0) is 73.7 Å². The van der Waals surface area contributed by atoms with Gasteiger partial charge in [-0.3, -0.25) is 0 Å². The largest absolute Gasteiger partial charge is 0.490 e. The van der Waals surface area contributed by atoms with Crippen LogP contribution in [-0.2, 0) is 4.79 Å². The van der Waals surface area contributed by atoms with Gasteiger partial charge in [0.25, 0.3) is 0 Å². The van der Waals surface area contributed by atoms with Crippen LogP contribution in [0.4, 0.5) is 0 Å². The number of nitrogens with two attached hydrogens (primary N) is 1. The lowest BCUT2D eigenvalue weighted by Crippen LogP contribution is -2.22. The molecular weight excluding hydrogens is 544 g/mol. The molecule has 0 bridgehead atoms. The first-order valence-corrected chi connectivity index (χ1v) is 13.8. The number of ether oxygens (including phenoxy) is 5. The Morgan fingerprint density at radius 1 is 1.05 bits per heavy atom. The molecule has 3 aromatic carbocycles. The van der Waals surface area contributed by atoms with E-state index in [2.05, 4.69) is 19.9 Å². The third kappa shape index (κ3) is 7.24. The predicted molar refractivity (Wildman–Crippen MR) is 156 cm³/mol. The number of allylic oxidation sites excluding steroid dienone is 1. The van der Waals surface area contributed by atoms with Gasteiger partial charge in [-0.1, -0.05) is 37.6 Å². The molecule has 1 atom stereocenters. The van der Waals surface area contributed by atoms with Crippen LogP contribution in [0.2, 0.25) is 5.02 Å². The fraction of sp³-hybridized carbons (Fsp3) is 0.312. The monoisotopic (exact) mass is 576 g/mol. The summed E-state index contributed by atoms with van der Waals surface area (Å²) in [4.78, 5) is 12.5. The lowest BCUT2D eigenvalue weighted by atomic mass is 9.83. The van der Waals surface area contributed by atoms with Crippen molar-refractivity contribution in [2.24, 2.45) is 11.7 Å². The molecule has 0 spiro atoms. The summed E-state index contributed by atoms with van der Waals surface area (Å²) in [5.41, 5.74) is 8.76. The Kier molecular flexibility index (Phi) is 9.64. The number of rotatable bonds is 11. The lowest BCUT2D eigenvalue weighted by molar-refractivity contribution is -0.136. The molecule has 2 N–H and O–H groups in total. The maximum atomic E-state index is 12.5. The van der Waals surface area contributed by atoms with E-state index in [-0.39, 0.29) is 23.8 Å². The van der Waals surface area contributed by atoms with Gasteiger partial charge in [-0.2, -0.15) is 5.26 Å². The minimum Gasteiger partial charge on any atom is -0.490 e. The second-order valence-electron chi connectivity index (χ2n) is 9.97. The first-order valence-electron chi connectivity index (χ1n) is 13.4. The molecule has 9 heteroatoms. The third-order valence-corrected chi connectivity index (χ3v) is 6.89. The summed E-state index contributed by atoms with van der Waals surface area (Å²) in [5, 5.41) is 10.6. The van der Waals surface area contributed by atoms with Crippen LogP contribution in [0.1, 0.15) is 49.8 Å². The van der Waals surface area contributed by atoms with E-state index < -0.39 is 11.9 Å². The number of carbonyl (C=O) groups is 1. The summed E-state index contributed by atoms with van der Waals surface area (Å²) in [6.07, 6.45) is 0.915. The Bertz CT molecular complexity index is 1490. The molecule has 1 heterocycles. The van der Waals surface area contributed by atoms with E-state index in [4.69, 9.17) is 41.0 Å². The van der Waals surface area contributed by atoms with E-state index in [0.29, 0.717) is 52.7 Å².